The van der Waals surface area contributed by atoms with Gasteiger partial charge in [0.25, 0.3) is 11.1 Å². The summed E-state index contributed by atoms with van der Waals surface area (Å²) in [5.41, 5.74) is 1.51. The lowest BCUT2D eigenvalue weighted by atomic mass is 10.0. The van der Waals surface area contributed by atoms with E-state index in [1.54, 1.807) is 36.4 Å². The number of carbonyl (C=O) groups is 3. The molecule has 10 heteroatoms. The number of benzene rings is 2. The van der Waals surface area contributed by atoms with Crippen LogP contribution in [0.25, 0.3) is 0 Å². The highest BCUT2D eigenvalue weighted by molar-refractivity contribution is 8.14. The molecule has 2 heterocycles. The zero-order valence-electron chi connectivity index (χ0n) is 18.2. The largest absolute Gasteiger partial charge is 0.322 e. The summed E-state index contributed by atoms with van der Waals surface area (Å²) in [5.74, 6) is -0.135. The van der Waals surface area contributed by atoms with Crippen LogP contribution in [0.2, 0.25) is 0 Å². The molecule has 174 valence electrons. The number of nitrogens with zero attached hydrogens (tertiary/aromatic N) is 2. The van der Waals surface area contributed by atoms with Crippen LogP contribution in [-0.4, -0.2) is 53.5 Å². The average Bonchev–Trinajstić information content (AvgIpc) is 3.12. The number of thioether (sulfide) groups is 1. The number of hydrogen-bond acceptors (Lipinski definition) is 6. The molecular weight excluding hydrogens is 462 g/mol. The Labute approximate surface area is 197 Å². The third kappa shape index (κ3) is 5.29. The Morgan fingerprint density at radius 1 is 1.15 bits per heavy atom. The van der Waals surface area contributed by atoms with Crippen molar-refractivity contribution in [2.24, 2.45) is 5.92 Å². The number of carbonyl (C=O) groups excluding carboxylic acids is 3. The van der Waals surface area contributed by atoms with E-state index in [1.807, 2.05) is 0 Å². The highest BCUT2D eigenvalue weighted by Gasteiger charge is 2.30. The minimum Gasteiger partial charge on any atom is -0.322 e. The molecule has 0 aliphatic carbocycles. The van der Waals surface area contributed by atoms with Crippen molar-refractivity contribution in [3.8, 4) is 0 Å². The summed E-state index contributed by atoms with van der Waals surface area (Å²) >= 11 is 0.969. The first kappa shape index (κ1) is 23.5. The smallest absolute Gasteiger partial charge is 0.289 e. The van der Waals surface area contributed by atoms with Crippen LogP contribution in [-0.2, 0) is 21.4 Å². The maximum atomic E-state index is 12.9. The van der Waals surface area contributed by atoms with Crippen molar-refractivity contribution in [1.29, 1.82) is 0 Å². The lowest BCUT2D eigenvalue weighted by Crippen LogP contribution is -2.39. The van der Waals surface area contributed by atoms with Gasteiger partial charge in [0, 0.05) is 24.3 Å². The molecule has 2 aliphatic heterocycles. The van der Waals surface area contributed by atoms with Gasteiger partial charge in [0.15, 0.2) is 0 Å². The molecule has 33 heavy (non-hydrogen) atoms. The summed E-state index contributed by atoms with van der Waals surface area (Å²) < 4.78 is 27.3. The molecule has 8 nitrogen and oxygen atoms in total. The molecule has 3 amide bonds. The molecule has 2 aliphatic rings. The lowest BCUT2D eigenvalue weighted by molar-refractivity contribution is -0.125. The number of piperidine rings is 1. The molecular formula is C23H25N3O5S2. The summed E-state index contributed by atoms with van der Waals surface area (Å²) in [6, 6.07) is 12.9. The highest BCUT2D eigenvalue weighted by Crippen LogP contribution is 2.25. The fourth-order valence-corrected chi connectivity index (χ4v) is 6.28. The predicted octanol–water partition coefficient (Wildman–Crippen LogP) is 3.55. The van der Waals surface area contributed by atoms with Crippen LogP contribution in [0.4, 0.5) is 10.5 Å². The monoisotopic (exact) mass is 487 g/mol. The molecule has 0 bridgehead atoms. The highest BCUT2D eigenvalue weighted by atomic mass is 32.2. The summed E-state index contributed by atoms with van der Waals surface area (Å²) in [5, 5.41) is 2.47. The number of anilines is 1. The first-order chi connectivity index (χ1) is 15.7. The second kappa shape index (κ2) is 9.66. The summed E-state index contributed by atoms with van der Waals surface area (Å²) in [4.78, 5) is 37.7. The van der Waals surface area contributed by atoms with Crippen molar-refractivity contribution in [2.75, 3.05) is 24.2 Å². The van der Waals surface area contributed by atoms with E-state index < -0.39 is 10.0 Å². The van der Waals surface area contributed by atoms with Gasteiger partial charge >= 0.3 is 0 Å². The van der Waals surface area contributed by atoms with Gasteiger partial charge in [-0.3, -0.25) is 19.3 Å². The number of rotatable bonds is 6. The van der Waals surface area contributed by atoms with Crippen molar-refractivity contribution < 1.29 is 22.8 Å². The van der Waals surface area contributed by atoms with Gasteiger partial charge in [-0.05, 0) is 60.7 Å². The Kier molecular flexibility index (Phi) is 6.87. The van der Waals surface area contributed by atoms with Crippen LogP contribution >= 0.6 is 11.8 Å². The number of imide groups is 1. The Balaban J connectivity index is 1.43. The minimum absolute atomic E-state index is 0.119. The maximum Gasteiger partial charge on any atom is 0.289 e. The molecule has 2 aromatic carbocycles. The van der Waals surface area contributed by atoms with Crippen LogP contribution in [0.5, 0.6) is 0 Å². The van der Waals surface area contributed by atoms with Crippen molar-refractivity contribution in [3.63, 3.8) is 0 Å². The zero-order chi connectivity index (χ0) is 23.6. The van der Waals surface area contributed by atoms with Gasteiger partial charge in [-0.2, -0.15) is 4.31 Å². The van der Waals surface area contributed by atoms with Gasteiger partial charge in [0.05, 0.1) is 17.2 Å². The second-order valence-electron chi connectivity index (χ2n) is 8.32. The zero-order valence-corrected chi connectivity index (χ0v) is 19.8. The molecule has 0 radical (unpaired) electrons. The first-order valence-electron chi connectivity index (χ1n) is 10.7. The van der Waals surface area contributed by atoms with E-state index in [2.05, 4.69) is 12.2 Å². The van der Waals surface area contributed by atoms with E-state index >= 15 is 0 Å². The number of sulfonamides is 1. The summed E-state index contributed by atoms with van der Waals surface area (Å²) in [6.07, 6.45) is 1.88. The van der Waals surface area contributed by atoms with Gasteiger partial charge in [-0.15, -0.1) is 0 Å². The van der Waals surface area contributed by atoms with Crippen LogP contribution in [0.1, 0.15) is 35.7 Å². The minimum atomic E-state index is -3.56. The van der Waals surface area contributed by atoms with E-state index in [0.717, 1.165) is 24.6 Å². The molecule has 0 saturated carbocycles. The quantitative estimate of drug-likeness (QED) is 0.668. The Morgan fingerprint density at radius 2 is 1.91 bits per heavy atom. The maximum absolute atomic E-state index is 12.9. The SMILES string of the molecule is C[C@@H]1CCCN(S(=O)(=O)c2ccc(NC(=O)c3cccc(CN4C(=O)CSC4=O)c3)cc2)C1. The molecule has 2 fully saturated rings. The van der Waals surface area contributed by atoms with Gasteiger partial charge in [-0.25, -0.2) is 8.42 Å². The van der Waals surface area contributed by atoms with Crippen molar-refractivity contribution >= 4 is 44.5 Å². The fourth-order valence-electron chi connectivity index (χ4n) is 3.95. The predicted molar refractivity (Wildman–Crippen MR) is 126 cm³/mol. The van der Waals surface area contributed by atoms with E-state index in [4.69, 9.17) is 0 Å². The van der Waals surface area contributed by atoms with Crippen molar-refractivity contribution in [2.45, 2.75) is 31.2 Å². The standard InChI is InChI=1S/C23H25N3O5S2/c1-16-4-3-11-25(13-16)33(30,31)20-9-7-19(8-10-20)24-22(28)18-6-2-5-17(12-18)14-26-21(27)15-32-23(26)29/h2,5-10,12,16H,3-4,11,13-15H2,1H3,(H,24,28)/t16-/m1/s1. The average molecular weight is 488 g/mol. The van der Waals surface area contributed by atoms with E-state index in [1.165, 1.54) is 21.3 Å². The Bertz CT molecular complexity index is 1160. The van der Waals surface area contributed by atoms with Crippen LogP contribution < -0.4 is 5.32 Å². The van der Waals surface area contributed by atoms with Crippen molar-refractivity contribution in [3.05, 3.63) is 59.7 Å². The van der Waals surface area contributed by atoms with E-state index in [9.17, 15) is 22.8 Å². The lowest BCUT2D eigenvalue weighted by Gasteiger charge is -2.30. The van der Waals surface area contributed by atoms with Crippen LogP contribution in [0, 0.1) is 5.92 Å². The fraction of sp³-hybridized carbons (Fsp3) is 0.348. The van der Waals surface area contributed by atoms with Crippen molar-refractivity contribution in [1.82, 2.24) is 9.21 Å². The van der Waals surface area contributed by atoms with Gasteiger partial charge < -0.3 is 5.32 Å². The molecule has 1 atom stereocenters. The van der Waals surface area contributed by atoms with Gasteiger partial charge in [0.1, 0.15) is 0 Å². The third-order valence-corrected chi connectivity index (χ3v) is 8.48. The topological polar surface area (TPSA) is 104 Å². The molecule has 4 rings (SSSR count). The molecule has 0 spiro atoms. The van der Waals surface area contributed by atoms with Crippen LogP contribution in [0.3, 0.4) is 0 Å². The van der Waals surface area contributed by atoms with E-state index in [-0.39, 0.29) is 34.2 Å². The number of amides is 3. The summed E-state index contributed by atoms with van der Waals surface area (Å²) in [7, 11) is -3.56. The third-order valence-electron chi connectivity index (χ3n) is 5.74. The second-order valence-corrected chi connectivity index (χ2v) is 11.2. The van der Waals surface area contributed by atoms with Gasteiger partial charge in [0.2, 0.25) is 15.9 Å². The number of nitrogens with one attached hydrogen (secondary N) is 1. The van der Waals surface area contributed by atoms with Crippen LogP contribution in [0.15, 0.2) is 53.4 Å². The number of hydrogen-bond donors (Lipinski definition) is 1. The Hall–Kier alpha value is -2.69. The normalized spacial score (nSPS) is 19.7. The molecule has 0 unspecified atom stereocenters. The first-order valence-corrected chi connectivity index (χ1v) is 13.1. The molecule has 2 saturated heterocycles. The Morgan fingerprint density at radius 3 is 2.58 bits per heavy atom. The molecule has 0 aromatic heterocycles. The summed E-state index contributed by atoms with van der Waals surface area (Å²) in [6.45, 7) is 3.21. The van der Waals surface area contributed by atoms with E-state index in [0.29, 0.717) is 35.8 Å². The molecule has 1 N–H and O–H groups in total. The molecule has 2 aromatic rings. The van der Waals surface area contributed by atoms with Gasteiger partial charge in [-0.1, -0.05) is 30.8 Å².